The number of hydrogen-bond acceptors (Lipinski definition) is 7. The zero-order valence-corrected chi connectivity index (χ0v) is 16.5. The lowest BCUT2D eigenvalue weighted by Crippen LogP contribution is -2.44. The number of phenols is 1. The van der Waals surface area contributed by atoms with Gasteiger partial charge in [-0.25, -0.2) is 14.2 Å². The number of rotatable bonds is 1. The summed E-state index contributed by atoms with van der Waals surface area (Å²) in [6.07, 6.45) is 0.0483. The Labute approximate surface area is 174 Å². The second kappa shape index (κ2) is 5.89. The van der Waals surface area contributed by atoms with Gasteiger partial charge in [0.2, 0.25) is 0 Å². The third-order valence-corrected chi connectivity index (χ3v) is 6.61. The summed E-state index contributed by atoms with van der Waals surface area (Å²) >= 11 is 0. The third-order valence-electron chi connectivity index (χ3n) is 6.61. The monoisotopic (exact) mass is 424 g/mol. The highest BCUT2D eigenvalue weighted by atomic mass is 19.1. The summed E-state index contributed by atoms with van der Waals surface area (Å²) < 4.78 is 26.5. The van der Waals surface area contributed by atoms with Gasteiger partial charge in [-0.15, -0.1) is 0 Å². The predicted molar refractivity (Wildman–Crippen MR) is 105 cm³/mol. The van der Waals surface area contributed by atoms with E-state index in [1.165, 1.54) is 10.6 Å². The normalized spacial score (nSPS) is 20.9. The first-order valence-electron chi connectivity index (χ1n) is 9.95. The molecule has 0 fully saturated rings. The van der Waals surface area contributed by atoms with Crippen LogP contribution in [0.25, 0.3) is 22.3 Å². The molecule has 0 spiro atoms. The van der Waals surface area contributed by atoms with Crippen molar-refractivity contribution in [1.82, 2.24) is 9.55 Å². The number of benzene rings is 1. The number of pyridine rings is 2. The Bertz CT molecular complexity index is 1410. The molecule has 1 aromatic carbocycles. The van der Waals surface area contributed by atoms with Gasteiger partial charge in [0.25, 0.3) is 5.56 Å². The van der Waals surface area contributed by atoms with E-state index in [4.69, 9.17) is 9.47 Å². The number of hydrogen-bond donors (Lipinski definition) is 2. The zero-order chi connectivity index (χ0) is 21.7. The minimum absolute atomic E-state index is 0.0483. The van der Waals surface area contributed by atoms with Gasteiger partial charge in [-0.1, -0.05) is 6.92 Å². The van der Waals surface area contributed by atoms with E-state index in [0.29, 0.717) is 27.9 Å². The van der Waals surface area contributed by atoms with Crippen LogP contribution in [0.3, 0.4) is 0 Å². The number of carbonyl (C=O) groups is 1. The first-order chi connectivity index (χ1) is 14.8. The van der Waals surface area contributed by atoms with Crippen LogP contribution in [0.2, 0.25) is 0 Å². The molecule has 0 saturated heterocycles. The fourth-order valence-electron chi connectivity index (χ4n) is 4.93. The van der Waals surface area contributed by atoms with Gasteiger partial charge in [-0.05, 0) is 18.1 Å². The molecular formula is C22H17FN2O6. The van der Waals surface area contributed by atoms with Crippen LogP contribution in [-0.2, 0) is 46.2 Å². The molecule has 6 rings (SSSR count). The molecule has 158 valence electrons. The maximum atomic E-state index is 14.3. The molecule has 2 N–H and O–H groups in total. The molecule has 5 heterocycles. The minimum atomic E-state index is -1.91. The molecule has 3 aromatic rings. The third kappa shape index (κ3) is 2.17. The van der Waals surface area contributed by atoms with Crippen LogP contribution in [0.15, 0.2) is 16.9 Å². The molecule has 0 bridgehead atoms. The smallest absolute Gasteiger partial charge is 0.343 e. The van der Waals surface area contributed by atoms with Gasteiger partial charge in [0.05, 0.1) is 42.2 Å². The fraction of sp³-hybridized carbons (Fsp3) is 0.318. The van der Waals surface area contributed by atoms with E-state index in [1.807, 2.05) is 0 Å². The average molecular weight is 424 g/mol. The molecule has 0 unspecified atom stereocenters. The van der Waals surface area contributed by atoms with E-state index < -0.39 is 23.1 Å². The highest BCUT2D eigenvalue weighted by Crippen LogP contribution is 2.43. The molecule has 3 aliphatic heterocycles. The first-order valence-corrected chi connectivity index (χ1v) is 9.95. The molecule has 8 nitrogen and oxygen atoms in total. The number of aromatic nitrogens is 2. The Balaban J connectivity index is 1.68. The summed E-state index contributed by atoms with van der Waals surface area (Å²) in [5.74, 6) is -2.04. The average Bonchev–Trinajstić information content (AvgIpc) is 3.14. The number of ether oxygens (including phenoxy) is 2. The summed E-state index contributed by atoms with van der Waals surface area (Å²) in [6.45, 7) is 1.95. The second-order valence-electron chi connectivity index (χ2n) is 8.09. The van der Waals surface area contributed by atoms with Crippen molar-refractivity contribution in [3.8, 4) is 17.1 Å². The van der Waals surface area contributed by atoms with Gasteiger partial charge in [0, 0.05) is 28.1 Å². The summed E-state index contributed by atoms with van der Waals surface area (Å²) in [6, 6.07) is 2.78. The molecule has 9 heteroatoms. The van der Waals surface area contributed by atoms with Gasteiger partial charge in [-0.3, -0.25) is 4.79 Å². The lowest BCUT2D eigenvalue weighted by atomic mass is 9.86. The summed E-state index contributed by atoms with van der Waals surface area (Å²) in [4.78, 5) is 30.2. The van der Waals surface area contributed by atoms with Crippen molar-refractivity contribution in [3.05, 3.63) is 56.1 Å². The molecule has 0 saturated carbocycles. The van der Waals surface area contributed by atoms with E-state index in [-0.39, 0.29) is 49.5 Å². The number of carbonyl (C=O) groups excluding carboxylic acids is 1. The fourth-order valence-corrected chi connectivity index (χ4v) is 4.93. The predicted octanol–water partition coefficient (Wildman–Crippen LogP) is 1.95. The summed E-state index contributed by atoms with van der Waals surface area (Å²) in [5.41, 5.74) is 1.28. The molecule has 31 heavy (non-hydrogen) atoms. The van der Waals surface area contributed by atoms with Crippen LogP contribution in [0.1, 0.15) is 41.2 Å². The number of fused-ring (bicyclic) bond motifs is 5. The number of halogens is 1. The van der Waals surface area contributed by atoms with Crippen molar-refractivity contribution < 1.29 is 28.9 Å². The van der Waals surface area contributed by atoms with Crippen LogP contribution < -0.4 is 5.56 Å². The van der Waals surface area contributed by atoms with Crippen LogP contribution in [0.4, 0.5) is 4.39 Å². The van der Waals surface area contributed by atoms with E-state index in [2.05, 4.69) is 4.98 Å². The Hall–Kier alpha value is -3.30. The van der Waals surface area contributed by atoms with Crippen molar-refractivity contribution >= 4 is 16.9 Å². The quantitative estimate of drug-likeness (QED) is 0.450. The molecule has 1 atom stereocenters. The molecular weight excluding hydrogens is 407 g/mol. The summed E-state index contributed by atoms with van der Waals surface area (Å²) in [5, 5.41) is 21.7. The van der Waals surface area contributed by atoms with Gasteiger partial charge >= 0.3 is 5.97 Å². The Morgan fingerprint density at radius 1 is 1.16 bits per heavy atom. The molecule has 0 radical (unpaired) electrons. The number of esters is 1. The SMILES string of the molecule is CC[C@@]1(O)C(=O)OCc2c1cc1n(c2=O)Cc2c-1nc1cc(F)c(O)c3c1c2COC3. The lowest BCUT2D eigenvalue weighted by molar-refractivity contribution is -0.172. The van der Waals surface area contributed by atoms with E-state index >= 15 is 0 Å². The van der Waals surface area contributed by atoms with Crippen LogP contribution >= 0.6 is 0 Å². The molecule has 0 amide bonds. The highest BCUT2D eigenvalue weighted by Gasteiger charge is 2.45. The minimum Gasteiger partial charge on any atom is -0.505 e. The van der Waals surface area contributed by atoms with E-state index in [9.17, 15) is 24.2 Å². The number of phenolic OH excluding ortho intramolecular Hbond substituents is 1. The Morgan fingerprint density at radius 3 is 2.71 bits per heavy atom. The highest BCUT2D eigenvalue weighted by molar-refractivity contribution is 5.93. The zero-order valence-electron chi connectivity index (χ0n) is 16.5. The Kier molecular flexibility index (Phi) is 3.51. The number of aromatic hydroxyl groups is 1. The standard InChI is InChI=1S/C22H17FN2O6/c1-2-22(29)13-3-16-18-9(5-25(16)20(27)11(13)8-31-21(22)28)10-6-30-7-12-17(10)15(24-18)4-14(23)19(12)26/h3-4,26,29H,2,5-8H2,1H3/t22-/m0/s1. The van der Waals surface area contributed by atoms with Gasteiger partial charge in [0.15, 0.2) is 17.2 Å². The maximum absolute atomic E-state index is 14.3. The van der Waals surface area contributed by atoms with E-state index in [1.54, 1.807) is 13.0 Å². The molecule has 0 aliphatic carbocycles. The van der Waals surface area contributed by atoms with Gasteiger partial charge in [-0.2, -0.15) is 0 Å². The Morgan fingerprint density at radius 2 is 1.94 bits per heavy atom. The van der Waals surface area contributed by atoms with Crippen molar-refractivity contribution in [2.45, 2.75) is 45.3 Å². The van der Waals surface area contributed by atoms with Gasteiger partial charge in [0.1, 0.15) is 6.61 Å². The van der Waals surface area contributed by atoms with Crippen LogP contribution in [-0.4, -0.2) is 25.7 Å². The molecule has 3 aliphatic rings. The van der Waals surface area contributed by atoms with Crippen LogP contribution in [0.5, 0.6) is 5.75 Å². The number of cyclic esters (lactones) is 1. The van der Waals surface area contributed by atoms with Crippen molar-refractivity contribution in [2.24, 2.45) is 0 Å². The maximum Gasteiger partial charge on any atom is 0.343 e. The summed E-state index contributed by atoms with van der Waals surface area (Å²) in [7, 11) is 0. The largest absolute Gasteiger partial charge is 0.505 e. The first kappa shape index (κ1) is 18.5. The molecule has 2 aromatic heterocycles. The lowest BCUT2D eigenvalue weighted by Gasteiger charge is -2.31. The van der Waals surface area contributed by atoms with E-state index in [0.717, 1.165) is 11.1 Å². The number of aliphatic hydroxyl groups is 1. The van der Waals surface area contributed by atoms with Crippen molar-refractivity contribution in [1.29, 1.82) is 0 Å². The van der Waals surface area contributed by atoms with Crippen molar-refractivity contribution in [2.75, 3.05) is 0 Å². The number of nitrogens with zero attached hydrogens (tertiary/aromatic N) is 2. The topological polar surface area (TPSA) is 111 Å². The second-order valence-corrected chi connectivity index (χ2v) is 8.09. The van der Waals surface area contributed by atoms with Crippen molar-refractivity contribution in [3.63, 3.8) is 0 Å². The van der Waals surface area contributed by atoms with Gasteiger partial charge < -0.3 is 24.3 Å². The van der Waals surface area contributed by atoms with Crippen LogP contribution in [0, 0.1) is 5.82 Å².